The van der Waals surface area contributed by atoms with Crippen LogP contribution in [0.15, 0.2) is 53.9 Å². The number of anilines is 1. The van der Waals surface area contributed by atoms with Crippen LogP contribution in [0.5, 0.6) is 5.75 Å². The minimum atomic E-state index is -0.776. The third kappa shape index (κ3) is 5.01. The Kier molecular flexibility index (Phi) is 7.13. The van der Waals surface area contributed by atoms with Crippen LogP contribution in [0.3, 0.4) is 0 Å². The topological polar surface area (TPSA) is 64.6 Å². The number of aryl methyl sites for hydroxylation is 1. The molecule has 156 valence electrons. The first-order chi connectivity index (χ1) is 14.4. The molecular weight excluding hydrogens is 422 g/mol. The van der Waals surface area contributed by atoms with Gasteiger partial charge in [0.05, 0.1) is 6.61 Å². The lowest BCUT2D eigenvalue weighted by molar-refractivity contribution is -0.122. The van der Waals surface area contributed by atoms with Crippen LogP contribution in [-0.2, 0) is 9.53 Å². The summed E-state index contributed by atoms with van der Waals surface area (Å²) in [5.74, 6) is -0.268. The van der Waals surface area contributed by atoms with E-state index < -0.39 is 12.1 Å². The number of thiophene rings is 1. The first kappa shape index (κ1) is 21.9. The molecule has 0 aliphatic heterocycles. The van der Waals surface area contributed by atoms with Gasteiger partial charge in [-0.2, -0.15) is 0 Å². The Labute approximate surface area is 184 Å². The Morgan fingerprint density at radius 1 is 1.17 bits per heavy atom. The predicted octanol–water partition coefficient (Wildman–Crippen LogP) is 5.96. The number of hydrogen-bond acceptors (Lipinski definition) is 5. The lowest BCUT2D eigenvalue weighted by atomic mass is 10.0. The molecule has 1 atom stereocenters. The Balaban J connectivity index is 1.83. The summed E-state index contributed by atoms with van der Waals surface area (Å²) in [5.41, 5.74) is 2.77. The van der Waals surface area contributed by atoms with Crippen LogP contribution in [0.1, 0.15) is 29.8 Å². The van der Waals surface area contributed by atoms with E-state index in [1.54, 1.807) is 32.0 Å². The number of ether oxygens (including phenoxy) is 2. The van der Waals surface area contributed by atoms with Gasteiger partial charge in [-0.25, -0.2) is 4.79 Å². The number of hydrogen-bond donors (Lipinski definition) is 1. The molecule has 2 aromatic carbocycles. The predicted molar refractivity (Wildman–Crippen MR) is 121 cm³/mol. The van der Waals surface area contributed by atoms with Crippen LogP contribution in [0, 0.1) is 6.92 Å². The Bertz CT molecular complexity index is 1050. The highest BCUT2D eigenvalue weighted by Gasteiger charge is 2.25. The van der Waals surface area contributed by atoms with Crippen molar-refractivity contribution in [2.75, 3.05) is 11.9 Å². The molecule has 1 heterocycles. The van der Waals surface area contributed by atoms with Crippen LogP contribution < -0.4 is 10.1 Å². The largest absolute Gasteiger partial charge is 0.481 e. The number of halogens is 1. The van der Waals surface area contributed by atoms with E-state index in [0.29, 0.717) is 21.3 Å². The van der Waals surface area contributed by atoms with Gasteiger partial charge in [0.15, 0.2) is 6.10 Å². The fourth-order valence-corrected chi connectivity index (χ4v) is 4.08. The minimum absolute atomic E-state index is 0.242. The van der Waals surface area contributed by atoms with Gasteiger partial charge < -0.3 is 14.8 Å². The molecule has 1 unspecified atom stereocenters. The molecule has 1 amide bonds. The number of benzene rings is 2. The molecule has 30 heavy (non-hydrogen) atoms. The lowest BCUT2D eigenvalue weighted by Gasteiger charge is -2.16. The summed E-state index contributed by atoms with van der Waals surface area (Å²) < 4.78 is 11.0. The zero-order chi connectivity index (χ0) is 21.7. The fourth-order valence-electron chi connectivity index (χ4n) is 2.89. The van der Waals surface area contributed by atoms with Gasteiger partial charge in [0, 0.05) is 16.0 Å². The summed E-state index contributed by atoms with van der Waals surface area (Å²) in [6.07, 6.45) is -0.776. The third-order valence-electron chi connectivity index (χ3n) is 4.40. The first-order valence-corrected chi connectivity index (χ1v) is 10.7. The molecule has 7 heteroatoms. The Morgan fingerprint density at radius 2 is 1.90 bits per heavy atom. The quantitative estimate of drug-likeness (QED) is 0.457. The smallest absolute Gasteiger partial charge is 0.341 e. The molecule has 0 saturated heterocycles. The molecule has 0 fully saturated rings. The number of carbonyl (C=O) groups is 2. The van der Waals surface area contributed by atoms with Crippen molar-refractivity contribution in [3.05, 3.63) is 70.1 Å². The normalized spacial score (nSPS) is 11.6. The number of nitrogens with one attached hydrogen (secondary N) is 1. The highest BCUT2D eigenvalue weighted by molar-refractivity contribution is 7.15. The summed E-state index contributed by atoms with van der Waals surface area (Å²) in [6, 6.07) is 14.7. The van der Waals surface area contributed by atoms with Gasteiger partial charge in [-0.1, -0.05) is 41.9 Å². The average molecular weight is 444 g/mol. The summed E-state index contributed by atoms with van der Waals surface area (Å²) in [7, 11) is 0. The van der Waals surface area contributed by atoms with Crippen molar-refractivity contribution >= 4 is 39.8 Å². The number of amides is 1. The van der Waals surface area contributed by atoms with E-state index in [4.69, 9.17) is 21.1 Å². The van der Waals surface area contributed by atoms with Crippen molar-refractivity contribution in [2.24, 2.45) is 0 Å². The molecular formula is C23H22ClNO4S. The van der Waals surface area contributed by atoms with E-state index in [1.165, 1.54) is 11.3 Å². The van der Waals surface area contributed by atoms with Crippen molar-refractivity contribution in [1.82, 2.24) is 0 Å². The van der Waals surface area contributed by atoms with E-state index in [1.807, 2.05) is 42.6 Å². The monoisotopic (exact) mass is 443 g/mol. The number of carbonyl (C=O) groups excluding carboxylic acids is 2. The molecule has 1 aromatic heterocycles. The molecule has 0 aliphatic rings. The number of rotatable bonds is 7. The second kappa shape index (κ2) is 9.78. The molecule has 0 saturated carbocycles. The van der Waals surface area contributed by atoms with Crippen LogP contribution >= 0.6 is 22.9 Å². The highest BCUT2D eigenvalue weighted by atomic mass is 35.5. The standard InChI is InChI=1S/C23H22ClNO4S/c1-4-28-23(27)20-18(16-8-6-5-7-9-16)13-30-22(20)25-21(26)15(3)29-19-11-10-17(24)12-14(19)2/h5-13,15H,4H2,1-3H3,(H,25,26). The van der Waals surface area contributed by atoms with E-state index in [0.717, 1.165) is 16.7 Å². The van der Waals surface area contributed by atoms with Crippen LogP contribution in [0.2, 0.25) is 5.02 Å². The molecule has 0 spiro atoms. The maximum absolute atomic E-state index is 12.8. The van der Waals surface area contributed by atoms with Crippen molar-refractivity contribution in [3.8, 4) is 16.9 Å². The van der Waals surface area contributed by atoms with E-state index in [-0.39, 0.29) is 12.5 Å². The van der Waals surface area contributed by atoms with Gasteiger partial charge in [0.2, 0.25) is 0 Å². The zero-order valence-electron chi connectivity index (χ0n) is 16.9. The van der Waals surface area contributed by atoms with Crippen molar-refractivity contribution in [3.63, 3.8) is 0 Å². The first-order valence-electron chi connectivity index (χ1n) is 9.48. The SMILES string of the molecule is CCOC(=O)c1c(-c2ccccc2)csc1NC(=O)C(C)Oc1ccc(Cl)cc1C. The third-order valence-corrected chi connectivity index (χ3v) is 5.53. The second-order valence-corrected chi connectivity index (χ2v) is 7.92. The lowest BCUT2D eigenvalue weighted by Crippen LogP contribution is -2.30. The van der Waals surface area contributed by atoms with E-state index in [9.17, 15) is 9.59 Å². The van der Waals surface area contributed by atoms with Crippen LogP contribution in [-0.4, -0.2) is 24.6 Å². The van der Waals surface area contributed by atoms with Gasteiger partial charge in [0.1, 0.15) is 16.3 Å². The molecule has 3 aromatic rings. The van der Waals surface area contributed by atoms with Crippen LogP contribution in [0.25, 0.3) is 11.1 Å². The van der Waals surface area contributed by atoms with Crippen LogP contribution in [0.4, 0.5) is 5.00 Å². The molecule has 0 bridgehead atoms. The average Bonchev–Trinajstić information content (AvgIpc) is 3.14. The minimum Gasteiger partial charge on any atom is -0.481 e. The molecule has 3 rings (SSSR count). The van der Waals surface area contributed by atoms with E-state index in [2.05, 4.69) is 5.32 Å². The van der Waals surface area contributed by atoms with Crippen molar-refractivity contribution in [1.29, 1.82) is 0 Å². The van der Waals surface area contributed by atoms with Gasteiger partial charge in [0.25, 0.3) is 5.91 Å². The van der Waals surface area contributed by atoms with Gasteiger partial charge in [-0.15, -0.1) is 11.3 Å². The maximum Gasteiger partial charge on any atom is 0.341 e. The molecule has 1 N–H and O–H groups in total. The second-order valence-electron chi connectivity index (χ2n) is 6.60. The summed E-state index contributed by atoms with van der Waals surface area (Å²) in [6.45, 7) is 5.50. The summed E-state index contributed by atoms with van der Waals surface area (Å²) >= 11 is 7.25. The zero-order valence-corrected chi connectivity index (χ0v) is 18.5. The van der Waals surface area contributed by atoms with Gasteiger partial charge in [-0.3, -0.25) is 4.79 Å². The van der Waals surface area contributed by atoms with Gasteiger partial charge in [-0.05, 0) is 50.1 Å². The number of esters is 1. The van der Waals surface area contributed by atoms with Crippen molar-refractivity contribution < 1.29 is 19.1 Å². The van der Waals surface area contributed by atoms with Gasteiger partial charge >= 0.3 is 5.97 Å². The van der Waals surface area contributed by atoms with Crippen molar-refractivity contribution in [2.45, 2.75) is 26.9 Å². The fraction of sp³-hybridized carbons (Fsp3) is 0.217. The van der Waals surface area contributed by atoms with E-state index >= 15 is 0 Å². The highest BCUT2D eigenvalue weighted by Crippen LogP contribution is 2.36. The summed E-state index contributed by atoms with van der Waals surface area (Å²) in [4.78, 5) is 25.4. The molecule has 0 aliphatic carbocycles. The molecule has 5 nitrogen and oxygen atoms in total. The Hall–Kier alpha value is -2.83. The Morgan fingerprint density at radius 3 is 2.57 bits per heavy atom. The summed E-state index contributed by atoms with van der Waals surface area (Å²) in [5, 5.41) is 5.69. The molecule has 0 radical (unpaired) electrons. The maximum atomic E-state index is 12.8.